The first kappa shape index (κ1) is 24.2. The number of aromatic carboxylic acids is 1. The molecule has 0 aliphatic heterocycles. The number of hydrogen-bond donors (Lipinski definition) is 3. The molecule has 8 nitrogen and oxygen atoms in total. The van der Waals surface area contributed by atoms with Crippen LogP contribution in [0.15, 0.2) is 72.8 Å². The Balaban J connectivity index is 1.55. The van der Waals surface area contributed by atoms with Gasteiger partial charge < -0.3 is 20.5 Å². The largest absolute Gasteiger partial charge is 0.494 e. The number of ketones is 1. The SMILES string of the molecule is CC(=O)c1ccc(OCCCC(=O)Nc2ccccc2C(=O)Nc2ccccc2C(=O)O)cc1. The number of benzene rings is 3. The molecule has 0 aromatic heterocycles. The summed E-state index contributed by atoms with van der Waals surface area (Å²) in [6, 6.07) is 19.3. The fraction of sp³-hybridized carbons (Fsp3) is 0.154. The van der Waals surface area contributed by atoms with Crippen LogP contribution in [0.3, 0.4) is 0 Å². The van der Waals surface area contributed by atoms with Crippen molar-refractivity contribution in [3.63, 3.8) is 0 Å². The molecule has 0 aliphatic carbocycles. The van der Waals surface area contributed by atoms with E-state index >= 15 is 0 Å². The van der Waals surface area contributed by atoms with Crippen LogP contribution in [0.25, 0.3) is 0 Å². The van der Waals surface area contributed by atoms with Gasteiger partial charge in [0.05, 0.1) is 29.1 Å². The topological polar surface area (TPSA) is 122 Å². The number of carboxylic acid groups (broad SMARTS) is 1. The minimum Gasteiger partial charge on any atom is -0.494 e. The van der Waals surface area contributed by atoms with Crippen molar-refractivity contribution < 1.29 is 29.0 Å². The Morgan fingerprint density at radius 3 is 2.00 bits per heavy atom. The second kappa shape index (κ2) is 11.4. The molecule has 0 radical (unpaired) electrons. The Morgan fingerprint density at radius 2 is 1.38 bits per heavy atom. The summed E-state index contributed by atoms with van der Waals surface area (Å²) in [6.07, 6.45) is 0.615. The molecular formula is C26H24N2O6. The number of nitrogens with one attached hydrogen (secondary N) is 2. The lowest BCUT2D eigenvalue weighted by Gasteiger charge is -2.13. The summed E-state index contributed by atoms with van der Waals surface area (Å²) in [5, 5.41) is 14.6. The van der Waals surface area contributed by atoms with Gasteiger partial charge in [-0.1, -0.05) is 24.3 Å². The molecule has 34 heavy (non-hydrogen) atoms. The van der Waals surface area contributed by atoms with Gasteiger partial charge in [0.1, 0.15) is 5.75 Å². The van der Waals surface area contributed by atoms with Gasteiger partial charge in [-0.05, 0) is 61.9 Å². The third-order valence-corrected chi connectivity index (χ3v) is 4.93. The van der Waals surface area contributed by atoms with Crippen molar-refractivity contribution in [2.45, 2.75) is 19.8 Å². The zero-order valence-corrected chi connectivity index (χ0v) is 18.5. The minimum absolute atomic E-state index is 0.0247. The average Bonchev–Trinajstić information content (AvgIpc) is 2.82. The molecule has 0 fully saturated rings. The standard InChI is InChI=1S/C26H24N2O6/c1-17(29)18-12-14-19(15-13-18)34-16-6-11-24(30)27-22-9-4-2-7-20(22)25(31)28-23-10-5-3-8-21(23)26(32)33/h2-5,7-10,12-15H,6,11,16H2,1H3,(H,27,30)(H,28,31)(H,32,33). The van der Waals surface area contributed by atoms with E-state index in [4.69, 9.17) is 4.74 Å². The van der Waals surface area contributed by atoms with E-state index in [0.717, 1.165) is 0 Å². The van der Waals surface area contributed by atoms with Gasteiger partial charge in [0.15, 0.2) is 5.78 Å². The first-order valence-corrected chi connectivity index (χ1v) is 10.6. The molecule has 0 heterocycles. The summed E-state index contributed by atoms with van der Waals surface area (Å²) in [6.45, 7) is 1.80. The zero-order chi connectivity index (χ0) is 24.5. The molecule has 0 aliphatic rings. The Hall–Kier alpha value is -4.46. The Kier molecular flexibility index (Phi) is 8.12. The van der Waals surface area contributed by atoms with Crippen molar-refractivity contribution in [2.75, 3.05) is 17.2 Å². The fourth-order valence-corrected chi connectivity index (χ4v) is 3.18. The Bertz CT molecular complexity index is 1200. The van der Waals surface area contributed by atoms with Crippen LogP contribution >= 0.6 is 0 Å². The number of amides is 2. The lowest BCUT2D eigenvalue weighted by atomic mass is 10.1. The summed E-state index contributed by atoms with van der Waals surface area (Å²) >= 11 is 0. The van der Waals surface area contributed by atoms with Crippen molar-refractivity contribution in [2.24, 2.45) is 0 Å². The normalized spacial score (nSPS) is 10.3. The van der Waals surface area contributed by atoms with Crippen LogP contribution in [0.4, 0.5) is 11.4 Å². The molecule has 0 unspecified atom stereocenters. The summed E-state index contributed by atoms with van der Waals surface area (Å²) in [5.74, 6) is -1.41. The summed E-state index contributed by atoms with van der Waals surface area (Å²) in [4.78, 5) is 47.9. The number of carboxylic acids is 1. The Morgan fingerprint density at radius 1 is 0.794 bits per heavy atom. The van der Waals surface area contributed by atoms with Crippen LogP contribution in [-0.4, -0.2) is 35.3 Å². The number of carbonyl (C=O) groups is 4. The highest BCUT2D eigenvalue weighted by atomic mass is 16.5. The van der Waals surface area contributed by atoms with Crippen molar-refractivity contribution in [1.29, 1.82) is 0 Å². The van der Waals surface area contributed by atoms with Gasteiger partial charge in [0.25, 0.3) is 5.91 Å². The van der Waals surface area contributed by atoms with Crippen LogP contribution in [0.1, 0.15) is 50.8 Å². The van der Waals surface area contributed by atoms with Gasteiger partial charge in [-0.2, -0.15) is 0 Å². The lowest BCUT2D eigenvalue weighted by molar-refractivity contribution is -0.116. The van der Waals surface area contributed by atoms with E-state index in [9.17, 15) is 24.3 Å². The molecule has 3 rings (SSSR count). The number of ether oxygens (including phenoxy) is 1. The van der Waals surface area contributed by atoms with E-state index in [2.05, 4.69) is 10.6 Å². The highest BCUT2D eigenvalue weighted by Crippen LogP contribution is 2.20. The number of anilines is 2. The third kappa shape index (κ3) is 6.52. The second-order valence-electron chi connectivity index (χ2n) is 7.43. The molecule has 174 valence electrons. The van der Waals surface area contributed by atoms with Crippen molar-refractivity contribution >= 4 is 34.9 Å². The zero-order valence-electron chi connectivity index (χ0n) is 18.5. The number of Topliss-reactive ketones (excluding diaryl/α,β-unsaturated/α-hetero) is 1. The third-order valence-electron chi connectivity index (χ3n) is 4.93. The van der Waals surface area contributed by atoms with E-state index in [1.54, 1.807) is 60.7 Å². The quantitative estimate of drug-likeness (QED) is 0.299. The van der Waals surface area contributed by atoms with Crippen LogP contribution in [0.5, 0.6) is 5.75 Å². The Labute approximate surface area is 196 Å². The van der Waals surface area contributed by atoms with Gasteiger partial charge in [-0.25, -0.2) is 4.79 Å². The maximum absolute atomic E-state index is 12.8. The molecular weight excluding hydrogens is 436 g/mol. The molecule has 0 saturated heterocycles. The van der Waals surface area contributed by atoms with E-state index in [-0.39, 0.29) is 34.9 Å². The predicted molar refractivity (Wildman–Crippen MR) is 128 cm³/mol. The van der Waals surface area contributed by atoms with Crippen molar-refractivity contribution in [3.05, 3.63) is 89.5 Å². The number of rotatable bonds is 10. The molecule has 0 spiro atoms. The van der Waals surface area contributed by atoms with E-state index in [1.165, 1.54) is 19.1 Å². The maximum Gasteiger partial charge on any atom is 0.337 e. The van der Waals surface area contributed by atoms with Crippen LogP contribution in [0, 0.1) is 0 Å². The summed E-state index contributed by atoms with van der Waals surface area (Å²) < 4.78 is 5.60. The molecule has 3 N–H and O–H groups in total. The molecule has 8 heteroatoms. The van der Waals surface area contributed by atoms with Gasteiger partial charge in [0, 0.05) is 12.0 Å². The second-order valence-corrected chi connectivity index (χ2v) is 7.43. The summed E-state index contributed by atoms with van der Waals surface area (Å²) in [5.41, 5.74) is 1.25. The van der Waals surface area contributed by atoms with E-state index in [0.29, 0.717) is 30.0 Å². The van der Waals surface area contributed by atoms with Crippen LogP contribution in [-0.2, 0) is 4.79 Å². The first-order chi connectivity index (χ1) is 16.3. The smallest absolute Gasteiger partial charge is 0.337 e. The number of hydrogen-bond acceptors (Lipinski definition) is 5. The van der Waals surface area contributed by atoms with Crippen LogP contribution in [0.2, 0.25) is 0 Å². The van der Waals surface area contributed by atoms with Gasteiger partial charge in [0.2, 0.25) is 5.91 Å². The molecule has 2 amide bonds. The number of carbonyl (C=O) groups excluding carboxylic acids is 3. The molecule has 0 atom stereocenters. The highest BCUT2D eigenvalue weighted by molar-refractivity contribution is 6.12. The molecule has 3 aromatic rings. The minimum atomic E-state index is -1.16. The fourth-order valence-electron chi connectivity index (χ4n) is 3.18. The van der Waals surface area contributed by atoms with E-state index < -0.39 is 11.9 Å². The first-order valence-electron chi connectivity index (χ1n) is 10.6. The molecule has 0 saturated carbocycles. The highest BCUT2D eigenvalue weighted by Gasteiger charge is 2.16. The predicted octanol–water partition coefficient (Wildman–Crippen LogP) is 4.64. The van der Waals surface area contributed by atoms with Gasteiger partial charge in [-0.15, -0.1) is 0 Å². The maximum atomic E-state index is 12.8. The number of para-hydroxylation sites is 2. The van der Waals surface area contributed by atoms with Crippen molar-refractivity contribution in [3.8, 4) is 5.75 Å². The van der Waals surface area contributed by atoms with Gasteiger partial charge in [-0.3, -0.25) is 14.4 Å². The lowest BCUT2D eigenvalue weighted by Crippen LogP contribution is -2.19. The summed E-state index contributed by atoms with van der Waals surface area (Å²) in [7, 11) is 0. The molecule has 3 aromatic carbocycles. The molecule has 0 bridgehead atoms. The van der Waals surface area contributed by atoms with Gasteiger partial charge >= 0.3 is 5.97 Å². The average molecular weight is 460 g/mol. The van der Waals surface area contributed by atoms with Crippen LogP contribution < -0.4 is 15.4 Å². The monoisotopic (exact) mass is 460 g/mol. The van der Waals surface area contributed by atoms with Crippen molar-refractivity contribution in [1.82, 2.24) is 0 Å². The van der Waals surface area contributed by atoms with E-state index in [1.807, 2.05) is 0 Å².